The van der Waals surface area contributed by atoms with E-state index in [0.29, 0.717) is 25.5 Å². The monoisotopic (exact) mass is 400 g/mol. The van der Waals surface area contributed by atoms with Crippen molar-refractivity contribution in [3.63, 3.8) is 0 Å². The summed E-state index contributed by atoms with van der Waals surface area (Å²) < 4.78 is 28.2. The van der Waals surface area contributed by atoms with Gasteiger partial charge in [0, 0.05) is 38.9 Å². The lowest BCUT2D eigenvalue weighted by molar-refractivity contribution is 0.0542. The molecule has 6 heteroatoms. The molecule has 0 spiro atoms. The van der Waals surface area contributed by atoms with Crippen LogP contribution in [0.3, 0.4) is 0 Å². The normalized spacial score (nSPS) is 19.6. The number of hydrogen-bond donors (Lipinski definition) is 2. The molecule has 1 fully saturated rings. The van der Waals surface area contributed by atoms with E-state index in [1.165, 1.54) is 12.1 Å². The first kappa shape index (κ1) is 21.1. The summed E-state index contributed by atoms with van der Waals surface area (Å²) in [6.45, 7) is 6.53. The summed E-state index contributed by atoms with van der Waals surface area (Å²) >= 11 is 0. The van der Waals surface area contributed by atoms with Crippen molar-refractivity contribution < 1.29 is 8.78 Å². The number of hydrogen-bond acceptors (Lipinski definition) is 4. The molecule has 0 unspecified atom stereocenters. The molecule has 0 aliphatic carbocycles. The van der Waals surface area contributed by atoms with Crippen molar-refractivity contribution >= 4 is 5.69 Å². The summed E-state index contributed by atoms with van der Waals surface area (Å²) in [6.07, 6.45) is -0.251. The maximum Gasteiger partial charge on any atom is 0.133 e. The van der Waals surface area contributed by atoms with Gasteiger partial charge in [0.1, 0.15) is 12.0 Å². The Kier molecular flexibility index (Phi) is 7.09. The molecule has 2 aromatic carbocycles. The Morgan fingerprint density at radius 3 is 2.41 bits per heavy atom. The number of piperidine rings is 1. The second-order valence-electron chi connectivity index (χ2n) is 7.64. The third-order valence-corrected chi connectivity index (χ3v) is 5.46. The largest absolute Gasteiger partial charge is 0.388 e. The Hall–Kier alpha value is -2.60. The third-order valence-electron chi connectivity index (χ3n) is 5.46. The second kappa shape index (κ2) is 9.74. The minimum atomic E-state index is -0.970. The minimum Gasteiger partial charge on any atom is -0.388 e. The lowest BCUT2D eigenvalue weighted by Gasteiger charge is -2.41. The van der Waals surface area contributed by atoms with Gasteiger partial charge in [0.15, 0.2) is 0 Å². The lowest BCUT2D eigenvalue weighted by atomic mass is 10.0. The molecule has 2 N–H and O–H groups in total. The highest BCUT2D eigenvalue weighted by atomic mass is 19.1. The summed E-state index contributed by atoms with van der Waals surface area (Å²) in [5.41, 5.74) is 3.10. The van der Waals surface area contributed by atoms with E-state index in [1.807, 2.05) is 48.2 Å². The van der Waals surface area contributed by atoms with Crippen molar-refractivity contribution in [3.8, 4) is 0 Å². The van der Waals surface area contributed by atoms with Crippen molar-refractivity contribution in [2.45, 2.75) is 31.7 Å². The molecule has 0 saturated carbocycles. The van der Waals surface area contributed by atoms with E-state index in [-0.39, 0.29) is 11.9 Å². The lowest BCUT2D eigenvalue weighted by Crippen LogP contribution is -2.52. The molecule has 1 aliphatic heterocycles. The Morgan fingerprint density at radius 1 is 1.14 bits per heavy atom. The van der Waals surface area contributed by atoms with Crippen LogP contribution in [0.4, 0.5) is 14.5 Å². The SMILES string of the molecule is C=C(NCc1ccc(NC)cc1)N(Cc1ccc(F)cc1)[C@H]1CCN(C)C[C@H]1F. The van der Waals surface area contributed by atoms with Crippen LogP contribution < -0.4 is 10.6 Å². The zero-order valence-electron chi connectivity index (χ0n) is 17.2. The summed E-state index contributed by atoms with van der Waals surface area (Å²) in [5.74, 6) is 0.411. The van der Waals surface area contributed by atoms with Gasteiger partial charge in [-0.15, -0.1) is 0 Å². The molecule has 0 radical (unpaired) electrons. The number of halogens is 2. The molecule has 3 rings (SSSR count). The molecule has 29 heavy (non-hydrogen) atoms. The maximum atomic E-state index is 14.9. The molecule has 1 saturated heterocycles. The zero-order valence-corrected chi connectivity index (χ0v) is 17.2. The van der Waals surface area contributed by atoms with Crippen LogP contribution in [0.2, 0.25) is 0 Å². The van der Waals surface area contributed by atoms with Gasteiger partial charge < -0.3 is 20.4 Å². The van der Waals surface area contributed by atoms with Gasteiger partial charge in [-0.3, -0.25) is 0 Å². The van der Waals surface area contributed by atoms with Gasteiger partial charge in [-0.05, 0) is 48.9 Å². The first-order valence-corrected chi connectivity index (χ1v) is 9.99. The molecule has 4 nitrogen and oxygen atoms in total. The highest BCUT2D eigenvalue weighted by Gasteiger charge is 2.33. The fourth-order valence-electron chi connectivity index (χ4n) is 3.69. The van der Waals surface area contributed by atoms with E-state index in [1.54, 1.807) is 12.1 Å². The number of benzene rings is 2. The first-order valence-electron chi connectivity index (χ1n) is 9.99. The van der Waals surface area contributed by atoms with E-state index < -0.39 is 6.17 Å². The van der Waals surface area contributed by atoms with Crippen molar-refractivity contribution in [1.29, 1.82) is 0 Å². The topological polar surface area (TPSA) is 30.5 Å². The predicted octanol–water partition coefficient (Wildman–Crippen LogP) is 3.97. The Labute approximate surface area is 172 Å². The van der Waals surface area contributed by atoms with Crippen LogP contribution in [0, 0.1) is 5.82 Å². The minimum absolute atomic E-state index is 0.261. The van der Waals surface area contributed by atoms with Crippen LogP contribution in [0.5, 0.6) is 0 Å². The van der Waals surface area contributed by atoms with Crippen LogP contribution in [-0.2, 0) is 13.1 Å². The number of rotatable bonds is 8. The Bertz CT molecular complexity index is 792. The average Bonchev–Trinajstić information content (AvgIpc) is 2.72. The van der Waals surface area contributed by atoms with Crippen molar-refractivity contribution in [3.05, 3.63) is 77.9 Å². The van der Waals surface area contributed by atoms with E-state index in [9.17, 15) is 8.78 Å². The summed E-state index contributed by atoms with van der Waals surface area (Å²) in [6, 6.07) is 14.2. The van der Waals surface area contributed by atoms with Gasteiger partial charge in [0.2, 0.25) is 0 Å². The van der Waals surface area contributed by atoms with Crippen LogP contribution in [0.25, 0.3) is 0 Å². The highest BCUT2D eigenvalue weighted by Crippen LogP contribution is 2.24. The predicted molar refractivity (Wildman–Crippen MR) is 115 cm³/mol. The van der Waals surface area contributed by atoms with E-state index in [2.05, 4.69) is 17.2 Å². The molecular weight excluding hydrogens is 370 g/mol. The fraction of sp³-hybridized carbons (Fsp3) is 0.391. The molecule has 0 bridgehead atoms. The molecule has 1 heterocycles. The van der Waals surface area contributed by atoms with E-state index >= 15 is 0 Å². The number of anilines is 1. The fourth-order valence-corrected chi connectivity index (χ4v) is 3.69. The molecule has 0 aromatic heterocycles. The number of nitrogens with zero attached hydrogens (tertiary/aromatic N) is 2. The van der Waals surface area contributed by atoms with Gasteiger partial charge in [-0.2, -0.15) is 0 Å². The summed E-state index contributed by atoms with van der Waals surface area (Å²) in [4.78, 5) is 4.00. The van der Waals surface area contributed by atoms with Crippen LogP contribution in [-0.4, -0.2) is 49.2 Å². The van der Waals surface area contributed by atoms with Gasteiger partial charge in [0.25, 0.3) is 0 Å². The van der Waals surface area contributed by atoms with Crippen LogP contribution in [0.1, 0.15) is 17.5 Å². The zero-order chi connectivity index (χ0) is 20.8. The van der Waals surface area contributed by atoms with Gasteiger partial charge in [0.05, 0.1) is 11.9 Å². The highest BCUT2D eigenvalue weighted by molar-refractivity contribution is 5.43. The van der Waals surface area contributed by atoms with E-state index in [4.69, 9.17) is 0 Å². The average molecular weight is 401 g/mol. The number of likely N-dealkylation sites (tertiary alicyclic amines) is 1. The molecular formula is C23H30F2N4. The smallest absolute Gasteiger partial charge is 0.133 e. The van der Waals surface area contributed by atoms with Crippen molar-refractivity contribution in [1.82, 2.24) is 15.1 Å². The molecule has 2 atom stereocenters. The Morgan fingerprint density at radius 2 is 1.79 bits per heavy atom. The molecule has 156 valence electrons. The summed E-state index contributed by atoms with van der Waals surface area (Å²) in [7, 11) is 3.83. The van der Waals surface area contributed by atoms with Crippen LogP contribution in [0.15, 0.2) is 60.9 Å². The number of nitrogens with one attached hydrogen (secondary N) is 2. The van der Waals surface area contributed by atoms with Gasteiger partial charge in [-0.25, -0.2) is 8.78 Å². The standard InChI is InChI=1S/C23H30F2N4/c1-17(27-14-18-6-10-21(26-2)11-7-18)29(15-19-4-8-20(24)9-5-19)23-12-13-28(3)16-22(23)25/h4-11,22-23,26-27H,1,12-16H2,2-3H3/t22-,23+/m1/s1. The van der Waals surface area contributed by atoms with Crippen LogP contribution >= 0.6 is 0 Å². The van der Waals surface area contributed by atoms with Crippen molar-refractivity contribution in [2.24, 2.45) is 0 Å². The first-order chi connectivity index (χ1) is 14.0. The van der Waals surface area contributed by atoms with Gasteiger partial charge >= 0.3 is 0 Å². The molecule has 2 aromatic rings. The quantitative estimate of drug-likeness (QED) is 0.702. The molecule has 1 aliphatic rings. The Balaban J connectivity index is 1.71. The van der Waals surface area contributed by atoms with Crippen molar-refractivity contribution in [2.75, 3.05) is 32.5 Å². The maximum absolute atomic E-state index is 14.9. The summed E-state index contributed by atoms with van der Waals surface area (Å²) in [5, 5.41) is 6.46. The van der Waals surface area contributed by atoms with E-state index in [0.717, 1.165) is 29.8 Å². The second-order valence-corrected chi connectivity index (χ2v) is 7.64. The van der Waals surface area contributed by atoms with Gasteiger partial charge in [-0.1, -0.05) is 30.8 Å². The molecule has 0 amide bonds. The number of alkyl halides is 1. The third kappa shape index (κ3) is 5.70.